The molecule has 0 aliphatic carbocycles. The molecular formula is C9H14ClN5. The zero-order chi connectivity index (χ0) is 11.1. The SMILES string of the molecule is C=CCNc1nc(Cl)nc(NCCC)n1. The summed E-state index contributed by atoms with van der Waals surface area (Å²) in [5, 5.41) is 6.16. The van der Waals surface area contributed by atoms with E-state index in [1.165, 1.54) is 0 Å². The molecule has 2 N–H and O–H groups in total. The highest BCUT2D eigenvalue weighted by molar-refractivity contribution is 6.28. The maximum atomic E-state index is 5.74. The first-order valence-corrected chi connectivity index (χ1v) is 5.14. The van der Waals surface area contributed by atoms with Gasteiger partial charge in [-0.1, -0.05) is 13.0 Å². The Hall–Kier alpha value is -1.36. The van der Waals surface area contributed by atoms with Crippen molar-refractivity contribution in [3.05, 3.63) is 17.9 Å². The monoisotopic (exact) mass is 227 g/mol. The highest BCUT2D eigenvalue weighted by atomic mass is 35.5. The first-order chi connectivity index (χ1) is 7.26. The van der Waals surface area contributed by atoms with Crippen LogP contribution in [0.4, 0.5) is 11.9 Å². The highest BCUT2D eigenvalue weighted by Crippen LogP contribution is 2.09. The first kappa shape index (κ1) is 11.7. The summed E-state index contributed by atoms with van der Waals surface area (Å²) in [6, 6.07) is 0. The van der Waals surface area contributed by atoms with Crippen LogP contribution in [-0.4, -0.2) is 28.0 Å². The molecule has 0 aliphatic rings. The van der Waals surface area contributed by atoms with Crippen molar-refractivity contribution >= 4 is 23.5 Å². The van der Waals surface area contributed by atoms with Crippen molar-refractivity contribution in [2.45, 2.75) is 13.3 Å². The normalized spacial score (nSPS) is 9.73. The average Bonchev–Trinajstić information content (AvgIpc) is 2.23. The van der Waals surface area contributed by atoms with Crippen molar-refractivity contribution in [2.75, 3.05) is 23.7 Å². The lowest BCUT2D eigenvalue weighted by molar-refractivity contribution is 0.937. The Morgan fingerprint density at radius 2 is 1.93 bits per heavy atom. The molecule has 1 aromatic rings. The first-order valence-electron chi connectivity index (χ1n) is 4.76. The fourth-order valence-electron chi connectivity index (χ4n) is 0.908. The molecule has 5 nitrogen and oxygen atoms in total. The Balaban J connectivity index is 2.70. The minimum atomic E-state index is 0.176. The van der Waals surface area contributed by atoms with E-state index < -0.39 is 0 Å². The third-order valence-electron chi connectivity index (χ3n) is 1.55. The summed E-state index contributed by atoms with van der Waals surface area (Å²) in [4.78, 5) is 12.0. The largest absolute Gasteiger partial charge is 0.354 e. The summed E-state index contributed by atoms with van der Waals surface area (Å²) in [6.45, 7) is 7.05. The standard InChI is InChI=1S/C9H14ClN5/c1-3-5-11-8-13-7(10)14-9(15-8)12-6-4-2/h3H,1,4-6H2,2H3,(H2,11,12,13,14,15). The maximum absolute atomic E-state index is 5.74. The molecule has 1 rings (SSSR count). The van der Waals surface area contributed by atoms with Crippen LogP contribution in [0.3, 0.4) is 0 Å². The molecule has 82 valence electrons. The van der Waals surface area contributed by atoms with Crippen LogP contribution in [0.1, 0.15) is 13.3 Å². The van der Waals surface area contributed by atoms with Crippen LogP contribution < -0.4 is 10.6 Å². The van der Waals surface area contributed by atoms with Gasteiger partial charge in [-0.15, -0.1) is 6.58 Å². The number of rotatable bonds is 6. The topological polar surface area (TPSA) is 62.7 Å². The lowest BCUT2D eigenvalue weighted by Gasteiger charge is -2.05. The molecule has 0 saturated carbocycles. The van der Waals surface area contributed by atoms with Crippen molar-refractivity contribution in [2.24, 2.45) is 0 Å². The summed E-state index contributed by atoms with van der Waals surface area (Å²) in [5.74, 6) is 0.942. The molecule has 0 unspecified atom stereocenters. The van der Waals surface area contributed by atoms with Gasteiger partial charge in [0.25, 0.3) is 0 Å². The van der Waals surface area contributed by atoms with Gasteiger partial charge < -0.3 is 10.6 Å². The fraction of sp³-hybridized carbons (Fsp3) is 0.444. The zero-order valence-corrected chi connectivity index (χ0v) is 9.38. The van der Waals surface area contributed by atoms with Gasteiger partial charge >= 0.3 is 0 Å². The van der Waals surface area contributed by atoms with Crippen LogP contribution in [0.5, 0.6) is 0 Å². The molecule has 1 heterocycles. The van der Waals surface area contributed by atoms with Gasteiger partial charge in [0.05, 0.1) is 0 Å². The maximum Gasteiger partial charge on any atom is 0.229 e. The molecule has 0 spiro atoms. The second-order valence-corrected chi connectivity index (χ2v) is 3.19. The Labute approximate surface area is 94.0 Å². The molecule has 6 heteroatoms. The summed E-state index contributed by atoms with van der Waals surface area (Å²) in [6.07, 6.45) is 2.72. The van der Waals surface area contributed by atoms with E-state index in [2.05, 4.69) is 39.1 Å². The van der Waals surface area contributed by atoms with Gasteiger partial charge in [0.15, 0.2) is 0 Å². The van der Waals surface area contributed by atoms with E-state index in [0.717, 1.165) is 13.0 Å². The summed E-state index contributed by atoms with van der Waals surface area (Å²) >= 11 is 5.74. The Bertz CT molecular complexity index is 328. The molecule has 1 aromatic heterocycles. The van der Waals surface area contributed by atoms with Gasteiger partial charge in [0.1, 0.15) is 0 Å². The molecule has 0 aromatic carbocycles. The predicted molar refractivity (Wildman–Crippen MR) is 62.3 cm³/mol. The minimum Gasteiger partial charge on any atom is -0.354 e. The van der Waals surface area contributed by atoms with E-state index in [0.29, 0.717) is 18.4 Å². The van der Waals surface area contributed by atoms with E-state index in [4.69, 9.17) is 11.6 Å². The van der Waals surface area contributed by atoms with E-state index in [9.17, 15) is 0 Å². The third kappa shape index (κ3) is 4.12. The Kier molecular flexibility index (Phi) is 4.83. The summed E-state index contributed by atoms with van der Waals surface area (Å²) in [7, 11) is 0. The van der Waals surface area contributed by atoms with Crippen LogP contribution in [0.15, 0.2) is 12.7 Å². The van der Waals surface area contributed by atoms with E-state index >= 15 is 0 Å². The number of anilines is 2. The van der Waals surface area contributed by atoms with Gasteiger partial charge in [-0.05, 0) is 18.0 Å². The van der Waals surface area contributed by atoms with Gasteiger partial charge in [-0.2, -0.15) is 15.0 Å². The molecule has 0 bridgehead atoms. The molecule has 0 radical (unpaired) electrons. The van der Waals surface area contributed by atoms with E-state index in [-0.39, 0.29) is 5.28 Å². The summed E-state index contributed by atoms with van der Waals surface area (Å²) in [5.41, 5.74) is 0. The van der Waals surface area contributed by atoms with E-state index in [1.54, 1.807) is 6.08 Å². The predicted octanol–water partition coefficient (Wildman–Crippen LogP) is 1.94. The number of hydrogen-bond acceptors (Lipinski definition) is 5. The fourth-order valence-corrected chi connectivity index (χ4v) is 1.07. The molecule has 15 heavy (non-hydrogen) atoms. The molecule has 0 atom stereocenters. The van der Waals surface area contributed by atoms with Crippen LogP contribution in [-0.2, 0) is 0 Å². The minimum absolute atomic E-state index is 0.176. The van der Waals surface area contributed by atoms with Crippen molar-refractivity contribution in [1.29, 1.82) is 0 Å². The molecule has 0 aliphatic heterocycles. The molecule has 0 saturated heterocycles. The quantitative estimate of drug-likeness (QED) is 0.728. The van der Waals surface area contributed by atoms with Crippen molar-refractivity contribution in [3.8, 4) is 0 Å². The van der Waals surface area contributed by atoms with Gasteiger partial charge in [-0.3, -0.25) is 0 Å². The second kappa shape index (κ2) is 6.19. The highest BCUT2D eigenvalue weighted by Gasteiger charge is 2.02. The number of nitrogens with zero attached hydrogens (tertiary/aromatic N) is 3. The third-order valence-corrected chi connectivity index (χ3v) is 1.71. The van der Waals surface area contributed by atoms with E-state index in [1.807, 2.05) is 0 Å². The average molecular weight is 228 g/mol. The van der Waals surface area contributed by atoms with Crippen LogP contribution >= 0.6 is 11.6 Å². The van der Waals surface area contributed by atoms with Crippen molar-refractivity contribution in [3.63, 3.8) is 0 Å². The molecule has 0 fully saturated rings. The Morgan fingerprint density at radius 1 is 1.27 bits per heavy atom. The van der Waals surface area contributed by atoms with Crippen LogP contribution in [0, 0.1) is 0 Å². The number of aromatic nitrogens is 3. The number of nitrogens with one attached hydrogen (secondary N) is 2. The Morgan fingerprint density at radius 3 is 2.53 bits per heavy atom. The number of halogens is 1. The van der Waals surface area contributed by atoms with Crippen LogP contribution in [0.25, 0.3) is 0 Å². The van der Waals surface area contributed by atoms with Crippen molar-refractivity contribution < 1.29 is 0 Å². The second-order valence-electron chi connectivity index (χ2n) is 2.85. The van der Waals surface area contributed by atoms with Crippen LogP contribution in [0.2, 0.25) is 5.28 Å². The summed E-state index contributed by atoms with van der Waals surface area (Å²) < 4.78 is 0. The zero-order valence-electron chi connectivity index (χ0n) is 8.63. The number of hydrogen-bond donors (Lipinski definition) is 2. The van der Waals surface area contributed by atoms with Gasteiger partial charge in [0.2, 0.25) is 17.2 Å². The van der Waals surface area contributed by atoms with Crippen molar-refractivity contribution in [1.82, 2.24) is 15.0 Å². The molecular weight excluding hydrogens is 214 g/mol. The molecule has 0 amide bonds. The van der Waals surface area contributed by atoms with Gasteiger partial charge in [0, 0.05) is 13.1 Å². The van der Waals surface area contributed by atoms with Gasteiger partial charge in [-0.25, -0.2) is 0 Å². The lowest BCUT2D eigenvalue weighted by Crippen LogP contribution is -2.09. The smallest absolute Gasteiger partial charge is 0.229 e. The lowest BCUT2D eigenvalue weighted by atomic mass is 10.5.